The van der Waals surface area contributed by atoms with Crippen molar-refractivity contribution in [2.24, 2.45) is 0 Å². The van der Waals surface area contributed by atoms with Crippen LogP contribution in [0.3, 0.4) is 0 Å². The SMILES string of the molecule is COc1ccccc1B(O)OOCc1ccccc1. The molecule has 0 radical (unpaired) electrons. The van der Waals surface area contributed by atoms with Gasteiger partial charge in [0.15, 0.2) is 0 Å². The molecule has 0 fully saturated rings. The number of rotatable bonds is 6. The summed E-state index contributed by atoms with van der Waals surface area (Å²) in [5.74, 6) is 0.554. The average molecular weight is 258 g/mol. The summed E-state index contributed by atoms with van der Waals surface area (Å²) in [6.07, 6.45) is 0. The van der Waals surface area contributed by atoms with E-state index >= 15 is 0 Å². The van der Waals surface area contributed by atoms with E-state index in [1.165, 1.54) is 7.11 Å². The summed E-state index contributed by atoms with van der Waals surface area (Å²) >= 11 is 0. The number of methoxy groups -OCH3 is 1. The molecule has 1 N–H and O–H groups in total. The van der Waals surface area contributed by atoms with Crippen LogP contribution < -0.4 is 10.2 Å². The normalized spacial score (nSPS) is 10.2. The van der Waals surface area contributed by atoms with Gasteiger partial charge in [-0.15, -0.1) is 0 Å². The molecular formula is C14H15BO4. The summed E-state index contributed by atoms with van der Waals surface area (Å²) < 4.78 is 5.14. The predicted octanol–water partition coefficient (Wildman–Crippen LogP) is 1.53. The summed E-state index contributed by atoms with van der Waals surface area (Å²) in [6.45, 7) is 0.271. The van der Waals surface area contributed by atoms with Crippen LogP contribution in [0.1, 0.15) is 5.56 Å². The van der Waals surface area contributed by atoms with Gasteiger partial charge in [-0.05, 0) is 11.6 Å². The van der Waals surface area contributed by atoms with Crippen molar-refractivity contribution in [3.8, 4) is 5.75 Å². The smallest absolute Gasteiger partial charge is 0.497 e. The van der Waals surface area contributed by atoms with Crippen LogP contribution in [0, 0.1) is 0 Å². The van der Waals surface area contributed by atoms with Gasteiger partial charge in [0.25, 0.3) is 0 Å². The van der Waals surface area contributed by atoms with Gasteiger partial charge >= 0.3 is 7.12 Å². The summed E-state index contributed by atoms with van der Waals surface area (Å²) in [7, 11) is 0.357. The molecule has 2 rings (SSSR count). The molecule has 0 unspecified atom stereocenters. The Bertz CT molecular complexity index is 504. The molecule has 0 amide bonds. The summed E-state index contributed by atoms with van der Waals surface area (Å²) in [6, 6.07) is 16.7. The Morgan fingerprint density at radius 2 is 1.68 bits per heavy atom. The Balaban J connectivity index is 1.89. The lowest BCUT2D eigenvalue weighted by Crippen LogP contribution is -2.34. The lowest BCUT2D eigenvalue weighted by Gasteiger charge is -2.11. The molecule has 5 heteroatoms. The zero-order valence-electron chi connectivity index (χ0n) is 10.7. The fourth-order valence-electron chi connectivity index (χ4n) is 1.66. The largest absolute Gasteiger partial charge is 0.526 e. The van der Waals surface area contributed by atoms with Gasteiger partial charge in [0.1, 0.15) is 12.4 Å². The first kappa shape index (κ1) is 13.6. The van der Waals surface area contributed by atoms with Gasteiger partial charge in [-0.25, -0.2) is 4.89 Å². The molecule has 0 aliphatic rings. The molecule has 0 atom stereocenters. The zero-order valence-corrected chi connectivity index (χ0v) is 10.7. The van der Waals surface area contributed by atoms with Gasteiger partial charge in [-0.2, -0.15) is 0 Å². The molecule has 0 saturated carbocycles. The highest BCUT2D eigenvalue weighted by molar-refractivity contribution is 6.60. The standard InChI is InChI=1S/C14H15BO4/c1-17-14-10-6-5-9-13(14)15(16)19-18-11-12-7-3-2-4-8-12/h2-10,16H,11H2,1H3. The van der Waals surface area contributed by atoms with Gasteiger partial charge in [0.05, 0.1) is 7.11 Å². The van der Waals surface area contributed by atoms with Crippen LogP contribution in [-0.4, -0.2) is 19.3 Å². The highest BCUT2D eigenvalue weighted by atomic mass is 17.2. The Morgan fingerprint density at radius 3 is 2.42 bits per heavy atom. The monoisotopic (exact) mass is 258 g/mol. The van der Waals surface area contributed by atoms with E-state index in [9.17, 15) is 5.02 Å². The van der Waals surface area contributed by atoms with E-state index in [-0.39, 0.29) is 6.61 Å². The van der Waals surface area contributed by atoms with Crippen molar-refractivity contribution in [2.45, 2.75) is 6.61 Å². The molecule has 0 aliphatic heterocycles. The van der Waals surface area contributed by atoms with E-state index in [4.69, 9.17) is 14.4 Å². The third kappa shape index (κ3) is 3.82. The summed E-state index contributed by atoms with van der Waals surface area (Å²) in [5.41, 5.74) is 1.49. The van der Waals surface area contributed by atoms with E-state index in [1.54, 1.807) is 18.2 Å². The van der Waals surface area contributed by atoms with E-state index in [0.717, 1.165) is 5.56 Å². The maximum absolute atomic E-state index is 9.88. The first-order valence-corrected chi connectivity index (χ1v) is 5.94. The lowest BCUT2D eigenvalue weighted by atomic mass is 9.79. The third-order valence-corrected chi connectivity index (χ3v) is 2.63. The first-order valence-electron chi connectivity index (χ1n) is 5.94. The van der Waals surface area contributed by atoms with Crippen LogP contribution in [0.5, 0.6) is 5.75 Å². The number of hydrogen-bond acceptors (Lipinski definition) is 4. The molecule has 0 bridgehead atoms. The Labute approximate surface area is 112 Å². The highest BCUT2D eigenvalue weighted by Crippen LogP contribution is 2.07. The van der Waals surface area contributed by atoms with E-state index < -0.39 is 7.12 Å². The minimum Gasteiger partial charge on any atom is -0.497 e. The molecule has 0 spiro atoms. The Hall–Kier alpha value is -1.82. The second-order valence-corrected chi connectivity index (χ2v) is 3.94. The van der Waals surface area contributed by atoms with Crippen LogP contribution in [-0.2, 0) is 16.3 Å². The topological polar surface area (TPSA) is 47.9 Å². The Kier molecular flexibility index (Phi) is 4.97. The van der Waals surface area contributed by atoms with E-state index in [1.807, 2.05) is 36.4 Å². The lowest BCUT2D eigenvalue weighted by molar-refractivity contribution is -0.231. The number of para-hydroxylation sites is 1. The van der Waals surface area contributed by atoms with Crippen molar-refractivity contribution in [1.82, 2.24) is 0 Å². The molecule has 0 saturated heterocycles. The maximum atomic E-state index is 9.88. The number of hydrogen-bond donors (Lipinski definition) is 1. The van der Waals surface area contributed by atoms with Crippen LogP contribution in [0.25, 0.3) is 0 Å². The van der Waals surface area contributed by atoms with Crippen molar-refractivity contribution in [2.75, 3.05) is 7.11 Å². The van der Waals surface area contributed by atoms with Gasteiger partial charge in [0, 0.05) is 5.46 Å². The van der Waals surface area contributed by atoms with E-state index in [0.29, 0.717) is 11.2 Å². The number of ether oxygens (including phenoxy) is 1. The van der Waals surface area contributed by atoms with Crippen molar-refractivity contribution in [3.05, 3.63) is 60.2 Å². The zero-order chi connectivity index (χ0) is 13.5. The minimum atomic E-state index is -1.18. The number of benzene rings is 2. The second-order valence-electron chi connectivity index (χ2n) is 3.94. The first-order chi connectivity index (χ1) is 9.31. The van der Waals surface area contributed by atoms with Crippen molar-refractivity contribution >= 4 is 12.6 Å². The van der Waals surface area contributed by atoms with Crippen LogP contribution >= 0.6 is 0 Å². The van der Waals surface area contributed by atoms with Gasteiger partial charge in [0.2, 0.25) is 0 Å². The van der Waals surface area contributed by atoms with Crippen LogP contribution in [0.15, 0.2) is 54.6 Å². The summed E-state index contributed by atoms with van der Waals surface area (Å²) in [5, 5.41) is 9.88. The minimum absolute atomic E-state index is 0.271. The Morgan fingerprint density at radius 1 is 1.00 bits per heavy atom. The average Bonchev–Trinajstić information content (AvgIpc) is 2.48. The van der Waals surface area contributed by atoms with E-state index in [2.05, 4.69) is 0 Å². The predicted molar refractivity (Wildman–Crippen MR) is 72.9 cm³/mol. The molecule has 2 aromatic rings. The van der Waals surface area contributed by atoms with Crippen molar-refractivity contribution < 1.29 is 19.5 Å². The maximum Gasteiger partial charge on any atom is 0.526 e. The quantitative estimate of drug-likeness (QED) is 0.485. The molecular weight excluding hydrogens is 243 g/mol. The van der Waals surface area contributed by atoms with Crippen LogP contribution in [0.2, 0.25) is 0 Å². The van der Waals surface area contributed by atoms with Gasteiger partial charge < -0.3 is 9.76 Å². The summed E-state index contributed by atoms with van der Waals surface area (Å²) in [4.78, 5) is 9.98. The molecule has 0 aliphatic carbocycles. The molecule has 0 aromatic heterocycles. The molecule has 19 heavy (non-hydrogen) atoms. The highest BCUT2D eigenvalue weighted by Gasteiger charge is 2.22. The van der Waals surface area contributed by atoms with Gasteiger partial charge in [-0.1, -0.05) is 48.5 Å². The van der Waals surface area contributed by atoms with Gasteiger partial charge in [-0.3, -0.25) is 4.81 Å². The molecule has 0 heterocycles. The van der Waals surface area contributed by atoms with Crippen molar-refractivity contribution in [1.29, 1.82) is 0 Å². The van der Waals surface area contributed by atoms with Crippen LogP contribution in [0.4, 0.5) is 0 Å². The van der Waals surface area contributed by atoms with Crippen molar-refractivity contribution in [3.63, 3.8) is 0 Å². The fourth-order valence-corrected chi connectivity index (χ4v) is 1.66. The molecule has 2 aromatic carbocycles. The third-order valence-electron chi connectivity index (χ3n) is 2.63. The molecule has 4 nitrogen and oxygen atoms in total. The molecule has 98 valence electrons. The second kappa shape index (κ2) is 6.94. The fraction of sp³-hybridized carbons (Fsp3) is 0.143.